The maximum atomic E-state index is 13.1. The average Bonchev–Trinajstić information content (AvgIpc) is 2.68. The number of benzene rings is 1. The molecule has 1 aromatic carbocycles. The molecule has 2 amide bonds. The predicted octanol–water partition coefficient (Wildman–Crippen LogP) is 2.66. The molecule has 0 N–H and O–H groups in total. The van der Waals surface area contributed by atoms with Crippen LogP contribution in [0.5, 0.6) is 0 Å². The first-order valence-corrected chi connectivity index (χ1v) is 9.16. The Morgan fingerprint density at radius 2 is 1.72 bits per heavy atom. The summed E-state index contributed by atoms with van der Waals surface area (Å²) >= 11 is 0. The van der Waals surface area contributed by atoms with Crippen molar-refractivity contribution in [3.8, 4) is 0 Å². The molecule has 0 unspecified atom stereocenters. The number of carbonyl (C=O) groups is 2. The highest BCUT2D eigenvalue weighted by Gasteiger charge is 2.40. The lowest BCUT2D eigenvalue weighted by atomic mass is 9.90. The van der Waals surface area contributed by atoms with Crippen molar-refractivity contribution in [2.24, 2.45) is 5.92 Å². The zero-order chi connectivity index (χ0) is 18.4. The molecule has 5 nitrogen and oxygen atoms in total. The van der Waals surface area contributed by atoms with E-state index in [1.165, 1.54) is 0 Å². The lowest BCUT2D eigenvalue weighted by Gasteiger charge is -2.38. The number of amides is 2. The first-order chi connectivity index (χ1) is 12.0. The molecular weight excluding hydrogens is 316 g/mol. The van der Waals surface area contributed by atoms with Crippen molar-refractivity contribution in [1.82, 2.24) is 9.80 Å². The first-order valence-electron chi connectivity index (χ1n) is 9.16. The summed E-state index contributed by atoms with van der Waals surface area (Å²) in [7, 11) is 1.57. The van der Waals surface area contributed by atoms with Gasteiger partial charge >= 0.3 is 0 Å². The van der Waals surface area contributed by atoms with E-state index in [0.29, 0.717) is 13.1 Å². The summed E-state index contributed by atoms with van der Waals surface area (Å²) in [4.78, 5) is 29.3. The van der Waals surface area contributed by atoms with E-state index in [9.17, 15) is 9.59 Å². The molecule has 0 spiro atoms. The van der Waals surface area contributed by atoms with Crippen LogP contribution in [0.1, 0.15) is 39.2 Å². The summed E-state index contributed by atoms with van der Waals surface area (Å²) in [5, 5.41) is 0. The van der Waals surface area contributed by atoms with E-state index in [-0.39, 0.29) is 17.7 Å². The van der Waals surface area contributed by atoms with Crippen molar-refractivity contribution < 1.29 is 14.3 Å². The molecule has 1 saturated heterocycles. The summed E-state index contributed by atoms with van der Waals surface area (Å²) in [5.41, 5.74) is -0.138. The number of likely N-dealkylation sites (tertiary alicyclic amines) is 1. The molecule has 1 atom stereocenters. The van der Waals surface area contributed by atoms with E-state index in [4.69, 9.17) is 4.74 Å². The van der Waals surface area contributed by atoms with Gasteiger partial charge in [0.1, 0.15) is 0 Å². The van der Waals surface area contributed by atoms with Crippen LogP contribution in [0.2, 0.25) is 0 Å². The summed E-state index contributed by atoms with van der Waals surface area (Å²) < 4.78 is 5.62. The molecule has 1 aliphatic rings. The number of hydrogen-bond donors (Lipinski definition) is 0. The van der Waals surface area contributed by atoms with Crippen molar-refractivity contribution in [3.63, 3.8) is 0 Å². The molecule has 0 aromatic heterocycles. The van der Waals surface area contributed by atoms with Gasteiger partial charge in [0.15, 0.2) is 5.60 Å². The monoisotopic (exact) mass is 346 g/mol. The Labute approximate surface area is 150 Å². The Morgan fingerprint density at radius 3 is 2.20 bits per heavy atom. The van der Waals surface area contributed by atoms with E-state index in [2.05, 4.69) is 0 Å². The number of ether oxygens (including phenoxy) is 1. The molecule has 138 valence electrons. The maximum Gasteiger partial charge on any atom is 0.259 e. The highest BCUT2D eigenvalue weighted by molar-refractivity contribution is 5.87. The van der Waals surface area contributed by atoms with Crippen LogP contribution in [-0.4, -0.2) is 54.9 Å². The molecule has 0 aliphatic carbocycles. The molecule has 0 bridgehead atoms. The topological polar surface area (TPSA) is 49.9 Å². The Morgan fingerprint density at radius 1 is 1.16 bits per heavy atom. The molecule has 25 heavy (non-hydrogen) atoms. The number of methoxy groups -OCH3 is 1. The standard InChI is InChI=1S/C20H30N2O3/c1-5-21(6-2)18(23)16-12-14-22(15-13-16)19(24)20(3,25-4)17-10-8-7-9-11-17/h7-11,16H,5-6,12-15H2,1-4H3/t20-/m0/s1. The van der Waals surface area contributed by atoms with Gasteiger partial charge in [0, 0.05) is 39.2 Å². The zero-order valence-electron chi connectivity index (χ0n) is 15.8. The fraction of sp³-hybridized carbons (Fsp3) is 0.600. The van der Waals surface area contributed by atoms with Gasteiger partial charge in [0.2, 0.25) is 5.91 Å². The fourth-order valence-electron chi connectivity index (χ4n) is 3.51. The van der Waals surface area contributed by atoms with Gasteiger partial charge in [0.05, 0.1) is 0 Å². The van der Waals surface area contributed by atoms with Crippen molar-refractivity contribution in [2.45, 2.75) is 39.2 Å². The van der Waals surface area contributed by atoms with Crippen LogP contribution in [0.15, 0.2) is 30.3 Å². The quantitative estimate of drug-likeness (QED) is 0.796. The number of nitrogens with zero attached hydrogens (tertiary/aromatic N) is 2. The Hall–Kier alpha value is -1.88. The molecule has 1 aromatic rings. The molecule has 2 rings (SSSR count). The average molecular weight is 346 g/mol. The van der Waals surface area contributed by atoms with Crippen LogP contribution in [0.25, 0.3) is 0 Å². The van der Waals surface area contributed by atoms with Gasteiger partial charge in [-0.05, 0) is 39.2 Å². The van der Waals surface area contributed by atoms with Gasteiger partial charge in [-0.2, -0.15) is 0 Å². The number of hydrogen-bond acceptors (Lipinski definition) is 3. The van der Waals surface area contributed by atoms with Crippen LogP contribution >= 0.6 is 0 Å². The summed E-state index contributed by atoms with van der Waals surface area (Å²) in [5.74, 6) is 0.207. The van der Waals surface area contributed by atoms with Crippen molar-refractivity contribution >= 4 is 11.8 Å². The lowest BCUT2D eigenvalue weighted by Crippen LogP contribution is -2.51. The van der Waals surface area contributed by atoms with E-state index in [0.717, 1.165) is 31.5 Å². The maximum absolute atomic E-state index is 13.1. The third kappa shape index (κ3) is 4.03. The third-order valence-corrected chi connectivity index (χ3v) is 5.35. The normalized spacial score (nSPS) is 17.8. The van der Waals surface area contributed by atoms with Gasteiger partial charge in [-0.3, -0.25) is 9.59 Å². The SMILES string of the molecule is CCN(CC)C(=O)C1CCN(C(=O)[C@@](C)(OC)c2ccccc2)CC1. The smallest absolute Gasteiger partial charge is 0.259 e. The largest absolute Gasteiger partial charge is 0.364 e. The minimum absolute atomic E-state index is 0.0227. The lowest BCUT2D eigenvalue weighted by molar-refractivity contribution is -0.157. The molecule has 1 heterocycles. The van der Waals surface area contributed by atoms with Gasteiger partial charge in [-0.25, -0.2) is 0 Å². The van der Waals surface area contributed by atoms with Gasteiger partial charge in [0.25, 0.3) is 5.91 Å². The van der Waals surface area contributed by atoms with Crippen molar-refractivity contribution in [1.29, 1.82) is 0 Å². The van der Waals surface area contributed by atoms with Crippen LogP contribution in [0.3, 0.4) is 0 Å². The molecule has 0 saturated carbocycles. The molecule has 5 heteroatoms. The second-order valence-corrected chi connectivity index (χ2v) is 6.68. The van der Waals surface area contributed by atoms with Gasteiger partial charge in [-0.15, -0.1) is 0 Å². The van der Waals surface area contributed by atoms with E-state index in [1.807, 2.05) is 60.9 Å². The van der Waals surface area contributed by atoms with Crippen molar-refractivity contribution in [2.75, 3.05) is 33.3 Å². The minimum atomic E-state index is -0.989. The second-order valence-electron chi connectivity index (χ2n) is 6.68. The Balaban J connectivity index is 2.04. The minimum Gasteiger partial charge on any atom is -0.364 e. The zero-order valence-corrected chi connectivity index (χ0v) is 15.8. The third-order valence-electron chi connectivity index (χ3n) is 5.35. The highest BCUT2D eigenvalue weighted by atomic mass is 16.5. The Bertz CT molecular complexity index is 578. The molecule has 1 aliphatic heterocycles. The molecular formula is C20H30N2O3. The summed E-state index contributed by atoms with van der Waals surface area (Å²) in [6.45, 7) is 8.50. The van der Waals surface area contributed by atoms with Crippen LogP contribution in [-0.2, 0) is 19.9 Å². The predicted molar refractivity (Wildman–Crippen MR) is 98.0 cm³/mol. The number of carbonyl (C=O) groups excluding carboxylic acids is 2. The van der Waals surface area contributed by atoms with E-state index >= 15 is 0 Å². The molecule has 0 radical (unpaired) electrons. The van der Waals surface area contributed by atoms with E-state index in [1.54, 1.807) is 7.11 Å². The number of rotatable bonds is 6. The van der Waals surface area contributed by atoms with E-state index < -0.39 is 5.60 Å². The highest BCUT2D eigenvalue weighted by Crippen LogP contribution is 2.29. The van der Waals surface area contributed by atoms with Gasteiger partial charge < -0.3 is 14.5 Å². The second kappa shape index (κ2) is 8.48. The van der Waals surface area contributed by atoms with Crippen LogP contribution in [0.4, 0.5) is 0 Å². The summed E-state index contributed by atoms with van der Waals surface area (Å²) in [6, 6.07) is 9.58. The van der Waals surface area contributed by atoms with Crippen LogP contribution in [0, 0.1) is 5.92 Å². The fourth-order valence-corrected chi connectivity index (χ4v) is 3.51. The van der Waals surface area contributed by atoms with Gasteiger partial charge in [-0.1, -0.05) is 30.3 Å². The van der Waals surface area contributed by atoms with Crippen molar-refractivity contribution in [3.05, 3.63) is 35.9 Å². The van der Waals surface area contributed by atoms with Crippen LogP contribution < -0.4 is 0 Å². The molecule has 1 fully saturated rings. The first kappa shape index (κ1) is 19.4. The summed E-state index contributed by atoms with van der Waals surface area (Å²) in [6.07, 6.45) is 1.44. The Kier molecular flexibility index (Phi) is 6.59. The number of piperidine rings is 1.